The number of amides is 2. The molecule has 36 heavy (non-hydrogen) atoms. The number of hydrogen-bond acceptors (Lipinski definition) is 7. The molecule has 9 heteroatoms. The van der Waals surface area contributed by atoms with Crippen molar-refractivity contribution in [1.82, 2.24) is 19.8 Å². The Hall–Kier alpha value is -3.04. The SMILES string of the molecule is Cc1nc(NC2CCOCC2)nc(C(N)=O)c1C(=O)N1CC2CN(CCCc3ccccc3)C[C@H]2C1. The topological polar surface area (TPSA) is 114 Å². The number of likely N-dealkylation sites (tertiary alicyclic amines) is 2. The van der Waals surface area contributed by atoms with Crippen LogP contribution in [0.1, 0.15) is 51.4 Å². The molecule has 1 unspecified atom stereocenters. The van der Waals surface area contributed by atoms with Crippen LogP contribution in [0.25, 0.3) is 0 Å². The number of ether oxygens (including phenoxy) is 1. The molecule has 3 saturated heterocycles. The zero-order valence-corrected chi connectivity index (χ0v) is 21.0. The van der Waals surface area contributed by atoms with Crippen molar-refractivity contribution in [2.24, 2.45) is 17.6 Å². The third kappa shape index (κ3) is 5.52. The van der Waals surface area contributed by atoms with E-state index in [-0.39, 0.29) is 23.2 Å². The quantitative estimate of drug-likeness (QED) is 0.580. The Balaban J connectivity index is 1.19. The Bertz CT molecular complexity index is 1070. The largest absolute Gasteiger partial charge is 0.381 e. The van der Waals surface area contributed by atoms with Crippen molar-refractivity contribution in [1.29, 1.82) is 0 Å². The fourth-order valence-electron chi connectivity index (χ4n) is 5.84. The normalized spacial score (nSPS) is 22.5. The Morgan fingerprint density at radius 1 is 1.06 bits per heavy atom. The molecule has 0 saturated carbocycles. The predicted molar refractivity (Wildman–Crippen MR) is 137 cm³/mol. The summed E-state index contributed by atoms with van der Waals surface area (Å²) in [5.41, 5.74) is 7.77. The number of aryl methyl sites for hydroxylation is 2. The number of carbonyl (C=O) groups is 2. The molecule has 4 heterocycles. The molecule has 9 nitrogen and oxygen atoms in total. The highest BCUT2D eigenvalue weighted by Crippen LogP contribution is 2.32. The van der Waals surface area contributed by atoms with Crippen molar-refractivity contribution in [2.45, 2.75) is 38.6 Å². The number of benzene rings is 1. The lowest BCUT2D eigenvalue weighted by atomic mass is 10.0. The number of fused-ring (bicyclic) bond motifs is 1. The highest BCUT2D eigenvalue weighted by atomic mass is 16.5. The highest BCUT2D eigenvalue weighted by molar-refractivity contribution is 6.06. The summed E-state index contributed by atoms with van der Waals surface area (Å²) in [6.07, 6.45) is 3.91. The summed E-state index contributed by atoms with van der Waals surface area (Å²) in [5, 5.41) is 3.28. The van der Waals surface area contributed by atoms with Gasteiger partial charge in [0.05, 0.1) is 11.3 Å². The van der Waals surface area contributed by atoms with Crippen LogP contribution in [0.4, 0.5) is 5.95 Å². The minimum atomic E-state index is -0.706. The van der Waals surface area contributed by atoms with Crippen molar-refractivity contribution in [3.63, 3.8) is 0 Å². The third-order valence-electron chi connectivity index (χ3n) is 7.72. The second-order valence-corrected chi connectivity index (χ2v) is 10.3. The summed E-state index contributed by atoms with van der Waals surface area (Å²) in [6, 6.07) is 10.8. The first-order valence-electron chi connectivity index (χ1n) is 13.1. The Kier molecular flexibility index (Phi) is 7.48. The van der Waals surface area contributed by atoms with Gasteiger partial charge in [-0.25, -0.2) is 9.97 Å². The summed E-state index contributed by atoms with van der Waals surface area (Å²) in [6.45, 7) is 7.59. The van der Waals surface area contributed by atoms with E-state index in [0.717, 1.165) is 45.3 Å². The van der Waals surface area contributed by atoms with E-state index in [1.807, 2.05) is 4.90 Å². The Morgan fingerprint density at radius 2 is 1.75 bits per heavy atom. The predicted octanol–water partition coefficient (Wildman–Crippen LogP) is 2.11. The van der Waals surface area contributed by atoms with E-state index in [0.29, 0.717) is 49.8 Å². The lowest BCUT2D eigenvalue weighted by Gasteiger charge is -2.25. The van der Waals surface area contributed by atoms with Gasteiger partial charge in [0.25, 0.3) is 11.8 Å². The maximum Gasteiger partial charge on any atom is 0.268 e. The average molecular weight is 493 g/mol. The van der Waals surface area contributed by atoms with Gasteiger partial charge in [-0.2, -0.15) is 0 Å². The first-order valence-corrected chi connectivity index (χ1v) is 13.1. The number of nitrogens with two attached hydrogens (primary N) is 1. The standard InChI is InChI=1S/C27H36N6O3/c1-18-23(24(25(28)34)31-27(29-18)30-22-9-12-36-13-10-22)26(35)33-16-20-14-32(15-21(20)17-33)11-5-8-19-6-3-2-4-7-19/h2-4,6-7,20-22H,5,8-17H2,1H3,(H2,28,34)(H,29,30,31)/t20-,21?/m0/s1. The van der Waals surface area contributed by atoms with Crippen LogP contribution in [0.5, 0.6) is 0 Å². The second kappa shape index (κ2) is 10.9. The number of anilines is 1. The first kappa shape index (κ1) is 24.6. The van der Waals surface area contributed by atoms with Gasteiger partial charge in [0.15, 0.2) is 0 Å². The molecule has 0 spiro atoms. The van der Waals surface area contributed by atoms with Gasteiger partial charge in [0.1, 0.15) is 5.69 Å². The molecule has 192 valence electrons. The van der Waals surface area contributed by atoms with Crippen LogP contribution in [-0.4, -0.2) is 83.6 Å². The monoisotopic (exact) mass is 492 g/mol. The van der Waals surface area contributed by atoms with Crippen LogP contribution in [-0.2, 0) is 11.2 Å². The van der Waals surface area contributed by atoms with E-state index in [2.05, 4.69) is 50.5 Å². The second-order valence-electron chi connectivity index (χ2n) is 10.3. The lowest BCUT2D eigenvalue weighted by molar-refractivity contribution is 0.0766. The first-order chi connectivity index (χ1) is 17.5. The van der Waals surface area contributed by atoms with Crippen LogP contribution in [0.15, 0.2) is 30.3 Å². The molecule has 2 aromatic rings. The van der Waals surface area contributed by atoms with Gasteiger partial charge in [-0.05, 0) is 56.6 Å². The van der Waals surface area contributed by atoms with Gasteiger partial charge in [-0.3, -0.25) is 9.59 Å². The zero-order chi connectivity index (χ0) is 25.1. The summed E-state index contributed by atoms with van der Waals surface area (Å²) < 4.78 is 5.40. The number of hydrogen-bond donors (Lipinski definition) is 2. The van der Waals surface area contributed by atoms with Gasteiger partial charge in [0, 0.05) is 45.4 Å². The summed E-state index contributed by atoms with van der Waals surface area (Å²) >= 11 is 0. The van der Waals surface area contributed by atoms with Crippen LogP contribution < -0.4 is 11.1 Å². The van der Waals surface area contributed by atoms with E-state index in [9.17, 15) is 9.59 Å². The number of nitrogens with one attached hydrogen (secondary N) is 1. The molecule has 2 amide bonds. The Labute approximate surface area is 212 Å². The molecule has 3 fully saturated rings. The van der Waals surface area contributed by atoms with Crippen LogP contribution in [0.3, 0.4) is 0 Å². The summed E-state index contributed by atoms with van der Waals surface area (Å²) in [4.78, 5) is 39.1. The molecular formula is C27H36N6O3. The highest BCUT2D eigenvalue weighted by Gasteiger charge is 2.42. The van der Waals surface area contributed by atoms with E-state index < -0.39 is 5.91 Å². The van der Waals surface area contributed by atoms with E-state index in [4.69, 9.17) is 10.5 Å². The molecule has 3 aliphatic heterocycles. The molecule has 3 N–H and O–H groups in total. The van der Waals surface area contributed by atoms with Gasteiger partial charge in [-0.15, -0.1) is 0 Å². The summed E-state index contributed by atoms with van der Waals surface area (Å²) in [5.74, 6) is 0.359. The number of nitrogens with zero attached hydrogens (tertiary/aromatic N) is 4. The summed E-state index contributed by atoms with van der Waals surface area (Å²) in [7, 11) is 0. The van der Waals surface area contributed by atoms with E-state index >= 15 is 0 Å². The molecule has 5 rings (SSSR count). The molecule has 1 aromatic carbocycles. The van der Waals surface area contributed by atoms with Crippen molar-refractivity contribution >= 4 is 17.8 Å². The lowest BCUT2D eigenvalue weighted by Crippen LogP contribution is -2.36. The Morgan fingerprint density at radius 3 is 2.42 bits per heavy atom. The molecule has 1 aromatic heterocycles. The number of carbonyl (C=O) groups excluding carboxylic acids is 2. The molecule has 0 bridgehead atoms. The number of aromatic nitrogens is 2. The number of primary amides is 1. The number of rotatable bonds is 8. The van der Waals surface area contributed by atoms with Crippen molar-refractivity contribution < 1.29 is 14.3 Å². The van der Waals surface area contributed by atoms with Crippen molar-refractivity contribution in [3.05, 3.63) is 52.8 Å². The fourth-order valence-corrected chi connectivity index (χ4v) is 5.84. The third-order valence-corrected chi connectivity index (χ3v) is 7.72. The van der Waals surface area contributed by atoms with Gasteiger partial charge in [-0.1, -0.05) is 30.3 Å². The van der Waals surface area contributed by atoms with Gasteiger partial charge >= 0.3 is 0 Å². The molecule has 0 aliphatic carbocycles. The van der Waals surface area contributed by atoms with Gasteiger partial charge < -0.3 is 25.6 Å². The van der Waals surface area contributed by atoms with E-state index in [1.54, 1.807) is 6.92 Å². The van der Waals surface area contributed by atoms with Crippen LogP contribution >= 0.6 is 0 Å². The van der Waals surface area contributed by atoms with Crippen LogP contribution in [0, 0.1) is 18.8 Å². The zero-order valence-electron chi connectivity index (χ0n) is 21.0. The van der Waals surface area contributed by atoms with Crippen molar-refractivity contribution in [2.75, 3.05) is 51.3 Å². The maximum absolute atomic E-state index is 13.5. The molecule has 3 aliphatic rings. The minimum Gasteiger partial charge on any atom is -0.381 e. The molecule has 0 radical (unpaired) electrons. The maximum atomic E-state index is 13.5. The minimum absolute atomic E-state index is 0.00153. The average Bonchev–Trinajstić information content (AvgIpc) is 3.44. The fraction of sp³-hybridized carbons (Fsp3) is 0.556. The molecular weight excluding hydrogens is 456 g/mol. The molecule has 2 atom stereocenters. The smallest absolute Gasteiger partial charge is 0.268 e. The van der Waals surface area contributed by atoms with E-state index in [1.165, 1.54) is 5.56 Å². The van der Waals surface area contributed by atoms with Crippen LogP contribution in [0.2, 0.25) is 0 Å². The van der Waals surface area contributed by atoms with Gasteiger partial charge in [0.2, 0.25) is 5.95 Å². The van der Waals surface area contributed by atoms with Crippen molar-refractivity contribution in [3.8, 4) is 0 Å².